The van der Waals surface area contributed by atoms with E-state index in [1.54, 1.807) is 0 Å². The second kappa shape index (κ2) is 7.50. The lowest BCUT2D eigenvalue weighted by molar-refractivity contribution is -0.137. The number of aromatic nitrogens is 2. The number of alkyl halides is 3. The molecule has 0 bridgehead atoms. The molecule has 1 fully saturated rings. The predicted molar refractivity (Wildman–Crippen MR) is 82.2 cm³/mol. The van der Waals surface area contributed by atoms with Crippen LogP contribution in [0.2, 0.25) is 0 Å². The fourth-order valence-corrected chi connectivity index (χ4v) is 2.56. The zero-order valence-corrected chi connectivity index (χ0v) is 13.4. The summed E-state index contributed by atoms with van der Waals surface area (Å²) in [5, 5.41) is 6.05. The molecule has 1 aromatic carbocycles. The lowest BCUT2D eigenvalue weighted by Crippen LogP contribution is -2.35. The standard InChI is InChI=1S/C16H15F5N4O/c17-11-4-23-15(24-5-11)25-13-6-22-7-14(13)26-8-9-1-2-10(3-12(9)18)16(19,20)21/h1-5,13-14,22H,6-8H2,(H,23,24,25)/t13-,14-/m1/s1. The SMILES string of the molecule is Fc1cnc(N[C@@H]2CNC[C@H]2OCc2ccc(C(F)(F)F)cc2F)nc1. The van der Waals surface area contributed by atoms with Gasteiger partial charge in [-0.05, 0) is 12.1 Å². The Morgan fingerprint density at radius 3 is 2.54 bits per heavy atom. The van der Waals surface area contributed by atoms with Crippen molar-refractivity contribution in [2.75, 3.05) is 18.4 Å². The molecule has 1 aliphatic rings. The number of hydrogen-bond donors (Lipinski definition) is 2. The van der Waals surface area contributed by atoms with Crippen LogP contribution in [-0.4, -0.2) is 35.2 Å². The Kier molecular flexibility index (Phi) is 5.33. The molecule has 0 unspecified atom stereocenters. The quantitative estimate of drug-likeness (QED) is 0.789. The van der Waals surface area contributed by atoms with Crippen molar-refractivity contribution in [3.05, 3.63) is 53.4 Å². The number of ether oxygens (including phenoxy) is 1. The molecule has 2 aromatic rings. The van der Waals surface area contributed by atoms with Crippen molar-refractivity contribution in [2.45, 2.75) is 24.9 Å². The van der Waals surface area contributed by atoms with E-state index in [-0.39, 0.29) is 30.3 Å². The van der Waals surface area contributed by atoms with Gasteiger partial charge in [-0.3, -0.25) is 0 Å². The van der Waals surface area contributed by atoms with Crippen molar-refractivity contribution in [1.29, 1.82) is 0 Å². The number of nitrogens with zero attached hydrogens (tertiary/aromatic N) is 2. The Hall–Kier alpha value is -2.33. The maximum absolute atomic E-state index is 13.9. The Labute approximate surface area is 145 Å². The highest BCUT2D eigenvalue weighted by molar-refractivity contribution is 5.27. The number of benzene rings is 1. The fourth-order valence-electron chi connectivity index (χ4n) is 2.56. The first kappa shape index (κ1) is 18.5. The monoisotopic (exact) mass is 374 g/mol. The average Bonchev–Trinajstić information content (AvgIpc) is 3.02. The van der Waals surface area contributed by atoms with E-state index in [1.165, 1.54) is 0 Å². The van der Waals surface area contributed by atoms with Crippen LogP contribution in [0.15, 0.2) is 30.6 Å². The first-order valence-corrected chi connectivity index (χ1v) is 7.75. The summed E-state index contributed by atoms with van der Waals surface area (Å²) < 4.78 is 70.0. The molecule has 0 spiro atoms. The van der Waals surface area contributed by atoms with Gasteiger partial charge < -0.3 is 15.4 Å². The van der Waals surface area contributed by atoms with Crippen LogP contribution in [0.25, 0.3) is 0 Å². The summed E-state index contributed by atoms with van der Waals surface area (Å²) in [7, 11) is 0. The molecule has 26 heavy (non-hydrogen) atoms. The van der Waals surface area contributed by atoms with Crippen molar-refractivity contribution in [2.24, 2.45) is 0 Å². The van der Waals surface area contributed by atoms with E-state index >= 15 is 0 Å². The average molecular weight is 374 g/mol. The molecule has 1 aliphatic heterocycles. The topological polar surface area (TPSA) is 59.1 Å². The summed E-state index contributed by atoms with van der Waals surface area (Å²) in [6, 6.07) is 2.08. The van der Waals surface area contributed by atoms with Crippen LogP contribution in [0.3, 0.4) is 0 Å². The van der Waals surface area contributed by atoms with E-state index < -0.39 is 23.4 Å². The van der Waals surface area contributed by atoms with Gasteiger partial charge >= 0.3 is 6.18 Å². The molecule has 0 saturated carbocycles. The number of halogens is 5. The van der Waals surface area contributed by atoms with Gasteiger partial charge in [-0.2, -0.15) is 13.2 Å². The molecule has 1 saturated heterocycles. The minimum absolute atomic E-state index is 0.0293. The van der Waals surface area contributed by atoms with Crippen LogP contribution in [0.1, 0.15) is 11.1 Å². The van der Waals surface area contributed by atoms with E-state index in [4.69, 9.17) is 4.74 Å². The van der Waals surface area contributed by atoms with Gasteiger partial charge in [-0.1, -0.05) is 6.07 Å². The molecule has 0 radical (unpaired) electrons. The summed E-state index contributed by atoms with van der Waals surface area (Å²) in [5.74, 6) is -1.32. The molecule has 0 amide bonds. The van der Waals surface area contributed by atoms with Crippen molar-refractivity contribution in [3.63, 3.8) is 0 Å². The molecule has 2 atom stereocenters. The Morgan fingerprint density at radius 2 is 1.88 bits per heavy atom. The van der Waals surface area contributed by atoms with Crippen LogP contribution in [0, 0.1) is 11.6 Å². The van der Waals surface area contributed by atoms with Crippen LogP contribution in [-0.2, 0) is 17.5 Å². The summed E-state index contributed by atoms with van der Waals surface area (Å²) >= 11 is 0. The summed E-state index contributed by atoms with van der Waals surface area (Å²) in [5.41, 5.74) is -1.02. The summed E-state index contributed by atoms with van der Waals surface area (Å²) in [6.07, 6.45) is -2.94. The van der Waals surface area contributed by atoms with Gasteiger partial charge in [0.05, 0.1) is 36.7 Å². The predicted octanol–water partition coefficient (Wildman–Crippen LogP) is 2.74. The third-order valence-corrected chi connectivity index (χ3v) is 3.93. The lowest BCUT2D eigenvalue weighted by atomic mass is 10.1. The summed E-state index contributed by atoms with van der Waals surface area (Å²) in [4.78, 5) is 7.59. The molecular weight excluding hydrogens is 359 g/mol. The van der Waals surface area contributed by atoms with E-state index in [0.29, 0.717) is 19.2 Å². The van der Waals surface area contributed by atoms with E-state index in [2.05, 4.69) is 20.6 Å². The first-order valence-electron chi connectivity index (χ1n) is 7.75. The molecule has 2 heterocycles. The Morgan fingerprint density at radius 1 is 1.15 bits per heavy atom. The minimum atomic E-state index is -4.60. The first-order chi connectivity index (χ1) is 12.3. The van der Waals surface area contributed by atoms with Gasteiger partial charge in [0.15, 0.2) is 5.82 Å². The van der Waals surface area contributed by atoms with Gasteiger partial charge in [0.1, 0.15) is 5.82 Å². The lowest BCUT2D eigenvalue weighted by Gasteiger charge is -2.20. The van der Waals surface area contributed by atoms with Crippen molar-refractivity contribution < 1.29 is 26.7 Å². The van der Waals surface area contributed by atoms with Crippen LogP contribution >= 0.6 is 0 Å². The maximum Gasteiger partial charge on any atom is 0.416 e. The smallest absolute Gasteiger partial charge is 0.370 e. The molecule has 5 nitrogen and oxygen atoms in total. The van der Waals surface area contributed by atoms with E-state index in [9.17, 15) is 22.0 Å². The highest BCUT2D eigenvalue weighted by Crippen LogP contribution is 2.30. The zero-order chi connectivity index (χ0) is 18.7. The van der Waals surface area contributed by atoms with Gasteiger partial charge in [0.25, 0.3) is 0 Å². The number of nitrogens with one attached hydrogen (secondary N) is 2. The Bertz CT molecular complexity index is 753. The van der Waals surface area contributed by atoms with Gasteiger partial charge in [0.2, 0.25) is 5.95 Å². The number of hydrogen-bond acceptors (Lipinski definition) is 5. The van der Waals surface area contributed by atoms with E-state index in [1.807, 2.05) is 0 Å². The van der Waals surface area contributed by atoms with Gasteiger partial charge in [-0.25, -0.2) is 18.7 Å². The second-order valence-electron chi connectivity index (χ2n) is 5.79. The maximum atomic E-state index is 13.9. The summed E-state index contributed by atoms with van der Waals surface area (Å²) in [6.45, 7) is 0.792. The highest BCUT2D eigenvalue weighted by Gasteiger charge is 2.32. The number of rotatable bonds is 5. The van der Waals surface area contributed by atoms with Crippen molar-refractivity contribution in [3.8, 4) is 0 Å². The molecular formula is C16H15F5N4O. The van der Waals surface area contributed by atoms with Crippen LogP contribution < -0.4 is 10.6 Å². The molecule has 140 valence electrons. The molecule has 10 heteroatoms. The Balaban J connectivity index is 1.60. The molecule has 3 rings (SSSR count). The number of anilines is 1. The minimum Gasteiger partial charge on any atom is -0.370 e. The van der Waals surface area contributed by atoms with Gasteiger partial charge in [-0.15, -0.1) is 0 Å². The third kappa shape index (κ3) is 4.44. The normalized spacial score (nSPS) is 20.3. The fraction of sp³-hybridized carbons (Fsp3) is 0.375. The second-order valence-corrected chi connectivity index (χ2v) is 5.79. The molecule has 1 aromatic heterocycles. The zero-order valence-electron chi connectivity index (χ0n) is 13.4. The van der Waals surface area contributed by atoms with Crippen molar-refractivity contribution in [1.82, 2.24) is 15.3 Å². The highest BCUT2D eigenvalue weighted by atomic mass is 19.4. The molecule has 2 N–H and O–H groups in total. The molecule has 0 aliphatic carbocycles. The third-order valence-electron chi connectivity index (χ3n) is 3.93. The van der Waals surface area contributed by atoms with Crippen LogP contribution in [0.5, 0.6) is 0 Å². The van der Waals surface area contributed by atoms with Gasteiger partial charge in [0, 0.05) is 18.7 Å². The largest absolute Gasteiger partial charge is 0.416 e. The van der Waals surface area contributed by atoms with E-state index in [0.717, 1.165) is 24.5 Å². The van der Waals surface area contributed by atoms with Crippen LogP contribution in [0.4, 0.5) is 27.9 Å². The van der Waals surface area contributed by atoms with Crippen molar-refractivity contribution >= 4 is 5.95 Å².